The van der Waals surface area contributed by atoms with E-state index in [1.807, 2.05) is 6.07 Å². The Morgan fingerprint density at radius 2 is 2.33 bits per heavy atom. The van der Waals surface area contributed by atoms with Gasteiger partial charge in [-0.05, 0) is 17.2 Å². The molecule has 0 aromatic heterocycles. The maximum absolute atomic E-state index is 10.7. The number of carboxylic acid groups (broad SMARTS) is 1. The average Bonchev–Trinajstić information content (AvgIpc) is 2.65. The molecule has 0 saturated heterocycles. The molecule has 15 heavy (non-hydrogen) atoms. The monoisotopic (exact) mass is 208 g/mol. The van der Waals surface area contributed by atoms with Crippen LogP contribution < -0.4 is 4.74 Å². The van der Waals surface area contributed by atoms with Crippen LogP contribution in [0.5, 0.6) is 5.75 Å². The first-order valence-electron chi connectivity index (χ1n) is 4.69. The van der Waals surface area contributed by atoms with Gasteiger partial charge in [-0.15, -0.1) is 0 Å². The summed E-state index contributed by atoms with van der Waals surface area (Å²) < 4.78 is 10.4. The van der Waals surface area contributed by atoms with Gasteiger partial charge in [0.15, 0.2) is 0 Å². The SMILES string of the molecule is COc1ccc2c(c1CC(=O)O)COC2. The molecule has 0 fully saturated rings. The van der Waals surface area contributed by atoms with E-state index in [-0.39, 0.29) is 6.42 Å². The van der Waals surface area contributed by atoms with E-state index < -0.39 is 5.97 Å². The van der Waals surface area contributed by atoms with Gasteiger partial charge < -0.3 is 14.6 Å². The highest BCUT2D eigenvalue weighted by Crippen LogP contribution is 2.31. The van der Waals surface area contributed by atoms with Gasteiger partial charge >= 0.3 is 5.97 Å². The number of aliphatic carboxylic acids is 1. The fourth-order valence-electron chi connectivity index (χ4n) is 1.83. The molecule has 2 rings (SSSR count). The third-order valence-electron chi connectivity index (χ3n) is 2.54. The normalized spacial score (nSPS) is 13.7. The Bertz CT molecular complexity index is 398. The number of benzene rings is 1. The van der Waals surface area contributed by atoms with Crippen molar-refractivity contribution in [3.8, 4) is 5.75 Å². The summed E-state index contributed by atoms with van der Waals surface area (Å²) >= 11 is 0. The number of carboxylic acids is 1. The maximum Gasteiger partial charge on any atom is 0.307 e. The molecule has 0 amide bonds. The highest BCUT2D eigenvalue weighted by Gasteiger charge is 2.20. The molecule has 1 aliphatic heterocycles. The van der Waals surface area contributed by atoms with Crippen molar-refractivity contribution in [2.24, 2.45) is 0 Å². The molecule has 0 aliphatic carbocycles. The summed E-state index contributed by atoms with van der Waals surface area (Å²) in [5, 5.41) is 8.82. The lowest BCUT2D eigenvalue weighted by Gasteiger charge is -2.10. The minimum Gasteiger partial charge on any atom is -0.496 e. The van der Waals surface area contributed by atoms with Crippen molar-refractivity contribution in [1.82, 2.24) is 0 Å². The summed E-state index contributed by atoms with van der Waals surface area (Å²) in [6.45, 7) is 1.04. The number of hydrogen-bond donors (Lipinski definition) is 1. The first-order chi connectivity index (χ1) is 7.22. The molecule has 4 nitrogen and oxygen atoms in total. The van der Waals surface area contributed by atoms with Crippen molar-refractivity contribution < 1.29 is 19.4 Å². The molecule has 1 aromatic rings. The Morgan fingerprint density at radius 3 is 3.00 bits per heavy atom. The van der Waals surface area contributed by atoms with Crippen molar-refractivity contribution in [2.75, 3.05) is 7.11 Å². The zero-order chi connectivity index (χ0) is 10.8. The average molecular weight is 208 g/mol. The van der Waals surface area contributed by atoms with Gasteiger partial charge in [0.25, 0.3) is 0 Å². The third-order valence-corrected chi connectivity index (χ3v) is 2.54. The number of fused-ring (bicyclic) bond motifs is 1. The topological polar surface area (TPSA) is 55.8 Å². The van der Waals surface area contributed by atoms with Crippen LogP contribution in [0.25, 0.3) is 0 Å². The summed E-state index contributed by atoms with van der Waals surface area (Å²) in [5.41, 5.74) is 2.77. The summed E-state index contributed by atoms with van der Waals surface area (Å²) in [6, 6.07) is 3.72. The van der Waals surface area contributed by atoms with E-state index in [2.05, 4.69) is 0 Å². The van der Waals surface area contributed by atoms with Gasteiger partial charge in [-0.3, -0.25) is 4.79 Å². The molecule has 1 aliphatic rings. The second-order valence-electron chi connectivity index (χ2n) is 3.45. The number of hydrogen-bond acceptors (Lipinski definition) is 3. The van der Waals surface area contributed by atoms with Crippen molar-refractivity contribution in [1.29, 1.82) is 0 Å². The molecule has 1 heterocycles. The molecule has 4 heteroatoms. The molecule has 1 aromatic carbocycles. The molecular weight excluding hydrogens is 196 g/mol. The fourth-order valence-corrected chi connectivity index (χ4v) is 1.83. The predicted octanol–water partition coefficient (Wildman–Crippen LogP) is 1.35. The Kier molecular flexibility index (Phi) is 2.60. The maximum atomic E-state index is 10.7. The highest BCUT2D eigenvalue weighted by molar-refractivity contribution is 5.72. The fraction of sp³-hybridized carbons (Fsp3) is 0.364. The van der Waals surface area contributed by atoms with E-state index in [1.165, 1.54) is 0 Å². The Balaban J connectivity index is 2.47. The van der Waals surface area contributed by atoms with Gasteiger partial charge in [-0.2, -0.15) is 0 Å². The summed E-state index contributed by atoms with van der Waals surface area (Å²) in [6.07, 6.45) is -0.0181. The zero-order valence-corrected chi connectivity index (χ0v) is 8.45. The number of rotatable bonds is 3. The lowest BCUT2D eigenvalue weighted by atomic mass is 10.00. The van der Waals surface area contributed by atoms with Crippen LogP contribution in [0.1, 0.15) is 16.7 Å². The lowest BCUT2D eigenvalue weighted by molar-refractivity contribution is -0.136. The first kappa shape index (κ1) is 9.98. The molecule has 0 spiro atoms. The standard InChI is InChI=1S/C11H12O4/c1-14-10-3-2-7-5-15-6-9(7)8(10)4-11(12)13/h2-3H,4-6H2,1H3,(H,12,13). The smallest absolute Gasteiger partial charge is 0.307 e. The van der Waals surface area contributed by atoms with Gasteiger partial charge in [-0.25, -0.2) is 0 Å². The van der Waals surface area contributed by atoms with Gasteiger partial charge in [0.2, 0.25) is 0 Å². The van der Waals surface area contributed by atoms with Crippen molar-refractivity contribution >= 4 is 5.97 Å². The number of methoxy groups -OCH3 is 1. The number of ether oxygens (including phenoxy) is 2. The highest BCUT2D eigenvalue weighted by atomic mass is 16.5. The van der Waals surface area contributed by atoms with Crippen molar-refractivity contribution in [3.63, 3.8) is 0 Å². The molecule has 0 saturated carbocycles. The van der Waals surface area contributed by atoms with Crippen molar-refractivity contribution in [3.05, 3.63) is 28.8 Å². The Labute approximate surface area is 87.4 Å². The Morgan fingerprint density at radius 1 is 1.53 bits per heavy atom. The van der Waals surface area contributed by atoms with E-state index in [0.29, 0.717) is 19.0 Å². The summed E-state index contributed by atoms with van der Waals surface area (Å²) in [7, 11) is 1.54. The second kappa shape index (κ2) is 3.90. The lowest BCUT2D eigenvalue weighted by Crippen LogP contribution is -2.06. The summed E-state index contributed by atoms with van der Waals surface area (Å²) in [5.74, 6) is -0.227. The molecule has 0 atom stereocenters. The molecule has 1 N–H and O–H groups in total. The van der Waals surface area contributed by atoms with Gasteiger partial charge in [-0.1, -0.05) is 6.07 Å². The predicted molar refractivity (Wildman–Crippen MR) is 52.8 cm³/mol. The van der Waals surface area contributed by atoms with E-state index in [1.54, 1.807) is 13.2 Å². The molecule has 0 radical (unpaired) electrons. The van der Waals surface area contributed by atoms with Gasteiger partial charge in [0.05, 0.1) is 26.7 Å². The van der Waals surface area contributed by atoms with Gasteiger partial charge in [0, 0.05) is 5.56 Å². The van der Waals surface area contributed by atoms with E-state index in [0.717, 1.165) is 16.7 Å². The van der Waals surface area contributed by atoms with Gasteiger partial charge in [0.1, 0.15) is 5.75 Å². The molecule has 80 valence electrons. The first-order valence-corrected chi connectivity index (χ1v) is 4.69. The third kappa shape index (κ3) is 1.80. The van der Waals surface area contributed by atoms with Crippen molar-refractivity contribution in [2.45, 2.75) is 19.6 Å². The van der Waals surface area contributed by atoms with Crippen LogP contribution in [0.15, 0.2) is 12.1 Å². The van der Waals surface area contributed by atoms with Crippen LogP contribution in [0.4, 0.5) is 0 Å². The van der Waals surface area contributed by atoms with Crippen LogP contribution in [0.3, 0.4) is 0 Å². The number of carbonyl (C=O) groups is 1. The summed E-state index contributed by atoms with van der Waals surface area (Å²) in [4.78, 5) is 10.7. The minimum absolute atomic E-state index is 0.0181. The molecular formula is C11H12O4. The minimum atomic E-state index is -0.853. The molecule has 0 bridgehead atoms. The van der Waals surface area contributed by atoms with Crippen LogP contribution in [-0.4, -0.2) is 18.2 Å². The second-order valence-corrected chi connectivity index (χ2v) is 3.45. The van der Waals surface area contributed by atoms with Crippen LogP contribution in [-0.2, 0) is 29.2 Å². The molecule has 0 unspecified atom stereocenters. The van der Waals surface area contributed by atoms with E-state index in [9.17, 15) is 4.79 Å². The van der Waals surface area contributed by atoms with Crippen LogP contribution >= 0.6 is 0 Å². The zero-order valence-electron chi connectivity index (χ0n) is 8.45. The quantitative estimate of drug-likeness (QED) is 0.814. The van der Waals surface area contributed by atoms with Crippen LogP contribution in [0.2, 0.25) is 0 Å². The van der Waals surface area contributed by atoms with E-state index in [4.69, 9.17) is 14.6 Å². The van der Waals surface area contributed by atoms with E-state index >= 15 is 0 Å². The van der Waals surface area contributed by atoms with Crippen LogP contribution in [0, 0.1) is 0 Å². The Hall–Kier alpha value is -1.55. The largest absolute Gasteiger partial charge is 0.496 e.